The molecule has 3 aromatic carbocycles. The lowest BCUT2D eigenvalue weighted by molar-refractivity contribution is -0.128. The Morgan fingerprint density at radius 2 is 1.61 bits per heavy atom. The molecule has 31 heavy (non-hydrogen) atoms. The summed E-state index contributed by atoms with van der Waals surface area (Å²) in [5.41, 5.74) is 2.29. The maximum atomic E-state index is 13.4. The topological polar surface area (TPSA) is 66.9 Å². The van der Waals surface area contributed by atoms with Gasteiger partial charge in [0.15, 0.2) is 0 Å². The second-order valence-corrected chi connectivity index (χ2v) is 9.12. The van der Waals surface area contributed by atoms with Gasteiger partial charge in [0.2, 0.25) is 5.91 Å². The van der Waals surface area contributed by atoms with Gasteiger partial charge in [0.05, 0.1) is 17.7 Å². The first kappa shape index (κ1) is 22.4. The third kappa shape index (κ3) is 5.44. The molecule has 0 heterocycles. The molecule has 0 aliphatic rings. The van der Waals surface area contributed by atoms with Crippen LogP contribution in [0.5, 0.6) is 5.75 Å². The van der Waals surface area contributed by atoms with E-state index in [-0.39, 0.29) is 17.3 Å². The normalized spacial score (nSPS) is 11.1. The zero-order chi connectivity index (χ0) is 22.4. The van der Waals surface area contributed by atoms with E-state index in [4.69, 9.17) is 4.74 Å². The van der Waals surface area contributed by atoms with Gasteiger partial charge in [-0.05, 0) is 48.9 Å². The molecule has 0 atom stereocenters. The van der Waals surface area contributed by atoms with Gasteiger partial charge < -0.3 is 9.64 Å². The van der Waals surface area contributed by atoms with Gasteiger partial charge in [-0.25, -0.2) is 8.42 Å². The van der Waals surface area contributed by atoms with Crippen molar-refractivity contribution in [1.82, 2.24) is 4.90 Å². The van der Waals surface area contributed by atoms with Crippen LogP contribution in [-0.4, -0.2) is 39.9 Å². The van der Waals surface area contributed by atoms with Crippen molar-refractivity contribution in [1.29, 1.82) is 0 Å². The van der Waals surface area contributed by atoms with E-state index in [0.29, 0.717) is 18.0 Å². The molecule has 0 fully saturated rings. The fraction of sp³-hybridized carbons (Fsp3) is 0.208. The molecule has 0 aromatic heterocycles. The summed E-state index contributed by atoms with van der Waals surface area (Å²) in [5.74, 6) is 0.383. The number of amides is 1. The van der Waals surface area contributed by atoms with Crippen molar-refractivity contribution >= 4 is 21.6 Å². The molecule has 6 nitrogen and oxygen atoms in total. The predicted molar refractivity (Wildman–Crippen MR) is 122 cm³/mol. The van der Waals surface area contributed by atoms with Crippen LogP contribution in [0.1, 0.15) is 11.1 Å². The molecule has 0 spiro atoms. The first-order valence-corrected chi connectivity index (χ1v) is 11.3. The third-order valence-electron chi connectivity index (χ3n) is 4.91. The van der Waals surface area contributed by atoms with E-state index < -0.39 is 10.0 Å². The van der Waals surface area contributed by atoms with Crippen LogP contribution < -0.4 is 9.04 Å². The number of nitrogens with zero attached hydrogens (tertiary/aromatic N) is 2. The molecule has 0 unspecified atom stereocenters. The summed E-state index contributed by atoms with van der Waals surface area (Å²) in [6, 6.07) is 22.7. The third-order valence-corrected chi connectivity index (χ3v) is 6.70. The van der Waals surface area contributed by atoms with E-state index in [9.17, 15) is 13.2 Å². The summed E-state index contributed by atoms with van der Waals surface area (Å²) < 4.78 is 33.2. The SMILES string of the molecule is COc1cccc(CN(C)C(=O)CN(c2ccccc2)S(=O)(=O)c2ccc(C)cc2)c1. The number of ether oxygens (including phenoxy) is 1. The number of sulfonamides is 1. The Balaban J connectivity index is 1.86. The summed E-state index contributed by atoms with van der Waals surface area (Å²) >= 11 is 0. The molecule has 162 valence electrons. The monoisotopic (exact) mass is 438 g/mol. The summed E-state index contributed by atoms with van der Waals surface area (Å²) in [6.45, 7) is 1.92. The zero-order valence-corrected chi connectivity index (χ0v) is 18.7. The number of rotatable bonds is 8. The number of methoxy groups -OCH3 is 1. The molecule has 3 rings (SSSR count). The first-order valence-electron chi connectivity index (χ1n) is 9.82. The minimum absolute atomic E-state index is 0.144. The first-order chi connectivity index (χ1) is 14.8. The molecule has 1 amide bonds. The lowest BCUT2D eigenvalue weighted by Gasteiger charge is -2.27. The molecular formula is C24H26N2O4S. The number of hydrogen-bond donors (Lipinski definition) is 0. The van der Waals surface area contributed by atoms with Crippen molar-refractivity contribution in [2.45, 2.75) is 18.4 Å². The molecule has 0 aliphatic heterocycles. The van der Waals surface area contributed by atoms with Gasteiger partial charge in [-0.2, -0.15) is 0 Å². The lowest BCUT2D eigenvalue weighted by Crippen LogP contribution is -2.41. The minimum Gasteiger partial charge on any atom is -0.497 e. The fourth-order valence-electron chi connectivity index (χ4n) is 3.12. The summed E-state index contributed by atoms with van der Waals surface area (Å²) in [4.78, 5) is 14.7. The van der Waals surface area contributed by atoms with E-state index in [1.165, 1.54) is 4.90 Å². The Hall–Kier alpha value is -3.32. The van der Waals surface area contributed by atoms with Crippen LogP contribution in [-0.2, 0) is 21.4 Å². The summed E-state index contributed by atoms with van der Waals surface area (Å²) in [7, 11) is -0.676. The zero-order valence-electron chi connectivity index (χ0n) is 17.9. The number of aryl methyl sites for hydroxylation is 1. The van der Waals surface area contributed by atoms with Crippen molar-refractivity contribution in [3.63, 3.8) is 0 Å². The smallest absolute Gasteiger partial charge is 0.264 e. The largest absolute Gasteiger partial charge is 0.497 e. The molecule has 0 aliphatic carbocycles. The highest BCUT2D eigenvalue weighted by Crippen LogP contribution is 2.24. The van der Waals surface area contributed by atoms with Gasteiger partial charge in [0.1, 0.15) is 12.3 Å². The average Bonchev–Trinajstić information content (AvgIpc) is 2.78. The Morgan fingerprint density at radius 3 is 2.26 bits per heavy atom. The number of likely N-dealkylation sites (N-methyl/N-ethyl adjacent to an activating group) is 1. The Labute approximate surface area is 183 Å². The van der Waals surface area contributed by atoms with E-state index >= 15 is 0 Å². The highest BCUT2D eigenvalue weighted by molar-refractivity contribution is 7.92. The van der Waals surface area contributed by atoms with Crippen LogP contribution >= 0.6 is 0 Å². The van der Waals surface area contributed by atoms with Gasteiger partial charge in [0.25, 0.3) is 10.0 Å². The van der Waals surface area contributed by atoms with Crippen molar-refractivity contribution in [2.24, 2.45) is 0 Å². The molecule has 0 N–H and O–H groups in total. The second kappa shape index (κ2) is 9.66. The maximum Gasteiger partial charge on any atom is 0.264 e. The Morgan fingerprint density at radius 1 is 0.935 bits per heavy atom. The van der Waals surface area contributed by atoms with Crippen LogP contribution in [0.25, 0.3) is 0 Å². The van der Waals surface area contributed by atoms with Gasteiger partial charge in [0, 0.05) is 13.6 Å². The van der Waals surface area contributed by atoms with Crippen molar-refractivity contribution in [2.75, 3.05) is 25.0 Å². The van der Waals surface area contributed by atoms with E-state index in [2.05, 4.69) is 0 Å². The van der Waals surface area contributed by atoms with Gasteiger partial charge in [-0.1, -0.05) is 48.0 Å². The molecule has 0 saturated carbocycles. The quantitative estimate of drug-likeness (QED) is 0.536. The number of benzene rings is 3. The minimum atomic E-state index is -3.92. The standard InChI is InChI=1S/C24H26N2O4S/c1-19-12-14-23(15-13-19)31(28,29)26(21-9-5-4-6-10-21)18-24(27)25(2)17-20-8-7-11-22(16-20)30-3/h4-16H,17-18H2,1-3H3. The van der Waals surface area contributed by atoms with Crippen LogP contribution in [0.15, 0.2) is 83.8 Å². The van der Waals surface area contributed by atoms with Gasteiger partial charge in [-0.15, -0.1) is 0 Å². The lowest BCUT2D eigenvalue weighted by atomic mass is 10.2. The average molecular weight is 439 g/mol. The van der Waals surface area contributed by atoms with Crippen molar-refractivity contribution in [3.05, 3.63) is 90.0 Å². The maximum absolute atomic E-state index is 13.4. The van der Waals surface area contributed by atoms with Crippen LogP contribution in [0.4, 0.5) is 5.69 Å². The Kier molecular flexibility index (Phi) is 6.97. The number of anilines is 1. The summed E-state index contributed by atoms with van der Waals surface area (Å²) in [5, 5.41) is 0. The van der Waals surface area contributed by atoms with Crippen LogP contribution in [0, 0.1) is 6.92 Å². The predicted octanol–water partition coefficient (Wildman–Crippen LogP) is 3.86. The second-order valence-electron chi connectivity index (χ2n) is 7.26. The van der Waals surface area contributed by atoms with Crippen molar-refractivity contribution in [3.8, 4) is 5.75 Å². The van der Waals surface area contributed by atoms with E-state index in [1.54, 1.807) is 68.8 Å². The Bertz CT molecular complexity index is 1130. The molecular weight excluding hydrogens is 412 g/mol. The fourth-order valence-corrected chi connectivity index (χ4v) is 4.54. The number of carbonyl (C=O) groups is 1. The van der Waals surface area contributed by atoms with E-state index in [1.807, 2.05) is 31.2 Å². The highest BCUT2D eigenvalue weighted by Gasteiger charge is 2.28. The summed E-state index contributed by atoms with van der Waals surface area (Å²) in [6.07, 6.45) is 0. The van der Waals surface area contributed by atoms with Crippen molar-refractivity contribution < 1.29 is 17.9 Å². The van der Waals surface area contributed by atoms with Gasteiger partial charge in [-0.3, -0.25) is 9.10 Å². The molecule has 0 radical (unpaired) electrons. The highest BCUT2D eigenvalue weighted by atomic mass is 32.2. The molecule has 7 heteroatoms. The van der Waals surface area contributed by atoms with Crippen LogP contribution in [0.3, 0.4) is 0 Å². The number of carbonyl (C=O) groups excluding carboxylic acids is 1. The molecule has 3 aromatic rings. The number of hydrogen-bond acceptors (Lipinski definition) is 4. The van der Waals surface area contributed by atoms with Gasteiger partial charge >= 0.3 is 0 Å². The number of para-hydroxylation sites is 1. The molecule has 0 saturated heterocycles. The van der Waals surface area contributed by atoms with E-state index in [0.717, 1.165) is 15.4 Å². The van der Waals surface area contributed by atoms with Crippen LogP contribution in [0.2, 0.25) is 0 Å². The molecule has 0 bridgehead atoms.